The van der Waals surface area contributed by atoms with Gasteiger partial charge in [0.25, 0.3) is 5.91 Å². The minimum absolute atomic E-state index is 0.0395. The van der Waals surface area contributed by atoms with E-state index in [9.17, 15) is 4.79 Å². The van der Waals surface area contributed by atoms with Crippen LogP contribution in [0, 0.1) is 5.92 Å². The molecule has 1 aromatic rings. The van der Waals surface area contributed by atoms with Crippen molar-refractivity contribution in [2.24, 2.45) is 5.92 Å². The Labute approximate surface area is 109 Å². The Morgan fingerprint density at radius 1 is 1.28 bits per heavy atom. The highest BCUT2D eigenvalue weighted by atomic mass is 16.2. The first kappa shape index (κ1) is 13.1. The third-order valence-corrected chi connectivity index (χ3v) is 3.96. The molecule has 1 aliphatic heterocycles. The number of anilines is 1. The number of carbonyl (C=O) groups is 1. The van der Waals surface area contributed by atoms with Gasteiger partial charge in [0.15, 0.2) is 6.04 Å². The summed E-state index contributed by atoms with van der Waals surface area (Å²) in [6.45, 7) is 6.56. The monoisotopic (exact) mass is 247 g/mol. The van der Waals surface area contributed by atoms with Crippen LogP contribution in [-0.4, -0.2) is 25.0 Å². The molecule has 2 rings (SSSR count). The largest absolute Gasteiger partial charge is 0.325 e. The van der Waals surface area contributed by atoms with Gasteiger partial charge in [-0.2, -0.15) is 0 Å². The van der Waals surface area contributed by atoms with Crippen molar-refractivity contribution in [3.8, 4) is 0 Å². The number of hydrogen-bond donors (Lipinski definition) is 2. The molecular weight excluding hydrogens is 224 g/mol. The highest BCUT2D eigenvalue weighted by Gasteiger charge is 2.28. The maximum atomic E-state index is 12.2. The molecule has 1 fully saturated rings. The van der Waals surface area contributed by atoms with Crippen molar-refractivity contribution in [3.63, 3.8) is 0 Å². The standard InChI is InChI=1S/C15H22N2O/c1-12-8-10-17(11-9-12)13(2)15(18)16-14-6-4-3-5-7-14/h3-7,12-13H,8-11H2,1-2H3,(H,16,18)/p+1/t13-/m0/s1. The van der Waals surface area contributed by atoms with Crippen LogP contribution in [0.25, 0.3) is 0 Å². The van der Waals surface area contributed by atoms with Gasteiger partial charge in [-0.25, -0.2) is 0 Å². The summed E-state index contributed by atoms with van der Waals surface area (Å²) in [5.74, 6) is 0.948. The summed E-state index contributed by atoms with van der Waals surface area (Å²) >= 11 is 0. The predicted molar refractivity (Wildman–Crippen MR) is 73.6 cm³/mol. The van der Waals surface area contributed by atoms with Crippen molar-refractivity contribution in [1.29, 1.82) is 0 Å². The van der Waals surface area contributed by atoms with Gasteiger partial charge in [-0.15, -0.1) is 0 Å². The van der Waals surface area contributed by atoms with Crippen LogP contribution in [-0.2, 0) is 4.79 Å². The number of para-hydroxylation sites is 1. The van der Waals surface area contributed by atoms with Crippen LogP contribution in [0.2, 0.25) is 0 Å². The first-order valence-corrected chi connectivity index (χ1v) is 6.87. The van der Waals surface area contributed by atoms with Crippen molar-refractivity contribution >= 4 is 11.6 Å². The Balaban J connectivity index is 1.89. The number of rotatable bonds is 3. The molecule has 1 heterocycles. The molecule has 1 aliphatic rings. The van der Waals surface area contributed by atoms with Crippen molar-refractivity contribution in [3.05, 3.63) is 30.3 Å². The van der Waals surface area contributed by atoms with E-state index in [1.54, 1.807) is 0 Å². The molecule has 18 heavy (non-hydrogen) atoms. The molecule has 0 spiro atoms. The number of amides is 1. The van der Waals surface area contributed by atoms with Gasteiger partial charge in [-0.3, -0.25) is 4.79 Å². The molecule has 1 amide bonds. The smallest absolute Gasteiger partial charge is 0.282 e. The summed E-state index contributed by atoms with van der Waals surface area (Å²) in [7, 11) is 0. The zero-order chi connectivity index (χ0) is 13.0. The molecule has 2 N–H and O–H groups in total. The molecule has 0 aromatic heterocycles. The number of benzene rings is 1. The van der Waals surface area contributed by atoms with Crippen LogP contribution in [0.4, 0.5) is 5.69 Å². The molecular formula is C15H23N2O+. The highest BCUT2D eigenvalue weighted by Crippen LogP contribution is 2.08. The lowest BCUT2D eigenvalue weighted by Gasteiger charge is -2.31. The summed E-state index contributed by atoms with van der Waals surface area (Å²) in [6.07, 6.45) is 2.47. The third kappa shape index (κ3) is 3.33. The quantitative estimate of drug-likeness (QED) is 0.830. The van der Waals surface area contributed by atoms with E-state index in [1.807, 2.05) is 37.3 Å². The van der Waals surface area contributed by atoms with Crippen LogP contribution >= 0.6 is 0 Å². The molecule has 1 aromatic carbocycles. The van der Waals surface area contributed by atoms with Gasteiger partial charge in [0.05, 0.1) is 13.1 Å². The average Bonchev–Trinajstić information content (AvgIpc) is 2.40. The fourth-order valence-corrected chi connectivity index (χ4v) is 2.52. The Kier molecular flexibility index (Phi) is 4.37. The number of piperidine rings is 1. The van der Waals surface area contributed by atoms with Gasteiger partial charge in [0, 0.05) is 5.69 Å². The van der Waals surface area contributed by atoms with Crippen LogP contribution in [0.5, 0.6) is 0 Å². The van der Waals surface area contributed by atoms with Crippen LogP contribution in [0.15, 0.2) is 30.3 Å². The maximum Gasteiger partial charge on any atom is 0.282 e. The average molecular weight is 247 g/mol. The second-order valence-electron chi connectivity index (χ2n) is 5.42. The van der Waals surface area contributed by atoms with E-state index in [-0.39, 0.29) is 11.9 Å². The topological polar surface area (TPSA) is 33.5 Å². The number of hydrogen-bond acceptors (Lipinski definition) is 1. The molecule has 3 heteroatoms. The molecule has 1 atom stereocenters. The first-order chi connectivity index (χ1) is 8.66. The number of nitrogens with one attached hydrogen (secondary N) is 2. The Morgan fingerprint density at radius 2 is 1.89 bits per heavy atom. The molecule has 0 saturated carbocycles. The van der Waals surface area contributed by atoms with Gasteiger partial charge in [-0.05, 0) is 37.8 Å². The number of carbonyl (C=O) groups excluding carboxylic acids is 1. The molecule has 3 nitrogen and oxygen atoms in total. The summed E-state index contributed by atoms with van der Waals surface area (Å²) in [5.41, 5.74) is 0.888. The molecule has 98 valence electrons. The SMILES string of the molecule is CC1CC[NH+]([C@@H](C)C(=O)Nc2ccccc2)CC1. The van der Waals surface area contributed by atoms with E-state index < -0.39 is 0 Å². The van der Waals surface area contributed by atoms with Crippen LogP contribution in [0.3, 0.4) is 0 Å². The van der Waals surface area contributed by atoms with E-state index in [0.717, 1.165) is 24.7 Å². The third-order valence-electron chi connectivity index (χ3n) is 3.96. The fourth-order valence-electron chi connectivity index (χ4n) is 2.52. The zero-order valence-electron chi connectivity index (χ0n) is 11.3. The Bertz CT molecular complexity index is 383. The molecule has 0 aliphatic carbocycles. The van der Waals surface area contributed by atoms with Crippen molar-refractivity contribution in [2.75, 3.05) is 18.4 Å². The molecule has 0 radical (unpaired) electrons. The second kappa shape index (κ2) is 6.01. The normalized spacial score (nSPS) is 25.4. The molecule has 0 bridgehead atoms. The summed E-state index contributed by atoms with van der Waals surface area (Å²) < 4.78 is 0. The van der Waals surface area contributed by atoms with Gasteiger partial charge in [0.2, 0.25) is 0 Å². The minimum atomic E-state index is 0.0395. The van der Waals surface area contributed by atoms with Crippen LogP contribution < -0.4 is 10.2 Å². The van der Waals surface area contributed by atoms with Gasteiger partial charge in [0.1, 0.15) is 0 Å². The lowest BCUT2D eigenvalue weighted by molar-refractivity contribution is -0.919. The molecule has 1 saturated heterocycles. The van der Waals surface area contributed by atoms with E-state index in [4.69, 9.17) is 0 Å². The second-order valence-corrected chi connectivity index (χ2v) is 5.42. The van der Waals surface area contributed by atoms with E-state index in [2.05, 4.69) is 12.2 Å². The van der Waals surface area contributed by atoms with Gasteiger partial charge >= 0.3 is 0 Å². The zero-order valence-corrected chi connectivity index (χ0v) is 11.3. The predicted octanol–water partition coefficient (Wildman–Crippen LogP) is 1.33. The maximum absolute atomic E-state index is 12.2. The van der Waals surface area contributed by atoms with Gasteiger partial charge < -0.3 is 10.2 Å². The summed E-state index contributed by atoms with van der Waals surface area (Å²) in [5, 5.41) is 2.99. The van der Waals surface area contributed by atoms with E-state index in [1.165, 1.54) is 17.7 Å². The van der Waals surface area contributed by atoms with Gasteiger partial charge in [-0.1, -0.05) is 25.1 Å². The molecule has 0 unspecified atom stereocenters. The number of likely N-dealkylation sites (tertiary alicyclic amines) is 1. The minimum Gasteiger partial charge on any atom is -0.325 e. The fraction of sp³-hybridized carbons (Fsp3) is 0.533. The van der Waals surface area contributed by atoms with Crippen LogP contribution in [0.1, 0.15) is 26.7 Å². The summed E-state index contributed by atoms with van der Waals surface area (Å²) in [4.78, 5) is 13.6. The van der Waals surface area contributed by atoms with E-state index >= 15 is 0 Å². The van der Waals surface area contributed by atoms with E-state index in [0.29, 0.717) is 0 Å². The number of quaternary nitrogens is 1. The first-order valence-electron chi connectivity index (χ1n) is 6.87. The Morgan fingerprint density at radius 3 is 2.50 bits per heavy atom. The lowest BCUT2D eigenvalue weighted by Crippen LogP contribution is -3.17. The van der Waals surface area contributed by atoms with Crippen molar-refractivity contribution < 1.29 is 9.69 Å². The Hall–Kier alpha value is -1.35. The van der Waals surface area contributed by atoms with Crippen molar-refractivity contribution in [2.45, 2.75) is 32.7 Å². The van der Waals surface area contributed by atoms with Crippen molar-refractivity contribution in [1.82, 2.24) is 0 Å². The highest BCUT2D eigenvalue weighted by molar-refractivity contribution is 5.93. The lowest BCUT2D eigenvalue weighted by atomic mass is 9.98. The summed E-state index contributed by atoms with van der Waals surface area (Å²) in [6, 6.07) is 9.73.